The molecule has 0 aliphatic heterocycles. The lowest BCUT2D eigenvalue weighted by atomic mass is 10.1. The Kier molecular flexibility index (Phi) is 5.46. The van der Waals surface area contributed by atoms with Gasteiger partial charge in [0.25, 0.3) is 5.69 Å². The molecule has 0 saturated heterocycles. The Morgan fingerprint density at radius 3 is 2.66 bits per heavy atom. The van der Waals surface area contributed by atoms with Crippen LogP contribution in [0.15, 0.2) is 36.4 Å². The van der Waals surface area contributed by atoms with Gasteiger partial charge in [-0.1, -0.05) is 11.6 Å². The number of rotatable bonds is 6. The van der Waals surface area contributed by atoms with Gasteiger partial charge in [-0.2, -0.15) is 17.9 Å². The molecule has 0 aliphatic rings. The Hall–Kier alpha value is -3.54. The average molecular weight is 428 g/mol. The minimum Gasteiger partial charge on any atom is -0.485 e. The minimum absolute atomic E-state index is 0.0210. The minimum atomic E-state index is -4.71. The number of nitro benzene ring substituents is 1. The van der Waals surface area contributed by atoms with Crippen LogP contribution in [0.25, 0.3) is 5.69 Å². The molecular formula is C16H9ClF3N5O4. The van der Waals surface area contributed by atoms with Gasteiger partial charge in [-0.05, 0) is 34.7 Å². The Bertz CT molecular complexity index is 1090. The monoisotopic (exact) mass is 427 g/mol. The second-order valence-corrected chi connectivity index (χ2v) is 5.99. The van der Waals surface area contributed by atoms with E-state index in [1.165, 1.54) is 12.1 Å². The molecule has 0 N–H and O–H groups in total. The molecule has 0 atom stereocenters. The Morgan fingerprint density at radius 2 is 2.00 bits per heavy atom. The fourth-order valence-electron chi connectivity index (χ4n) is 2.42. The summed E-state index contributed by atoms with van der Waals surface area (Å²) in [5.41, 5.74) is -1.85. The van der Waals surface area contributed by atoms with Gasteiger partial charge in [-0.15, -0.1) is 5.10 Å². The summed E-state index contributed by atoms with van der Waals surface area (Å²) in [5.74, 6) is -0.125. The molecule has 0 aliphatic carbocycles. The molecule has 13 heteroatoms. The first kappa shape index (κ1) is 20.2. The fraction of sp³-hybridized carbons (Fsp3) is 0.125. The van der Waals surface area contributed by atoms with E-state index >= 15 is 0 Å². The molecule has 0 radical (unpaired) electrons. The number of non-ortho nitro benzene ring substituents is 1. The number of nitrogens with zero attached hydrogens (tertiary/aromatic N) is 5. The number of nitro groups is 1. The molecule has 0 spiro atoms. The van der Waals surface area contributed by atoms with Gasteiger partial charge in [-0.25, -0.2) is 0 Å². The maximum absolute atomic E-state index is 13.3. The van der Waals surface area contributed by atoms with Crippen LogP contribution in [0.3, 0.4) is 0 Å². The summed E-state index contributed by atoms with van der Waals surface area (Å²) in [6, 6.07) is 6.41. The second-order valence-electron chi connectivity index (χ2n) is 5.55. The predicted octanol–water partition coefficient (Wildman–Crippen LogP) is 3.63. The molecule has 0 amide bonds. The van der Waals surface area contributed by atoms with Crippen LogP contribution in [-0.2, 0) is 12.8 Å². The van der Waals surface area contributed by atoms with Crippen LogP contribution < -0.4 is 4.74 Å². The summed E-state index contributed by atoms with van der Waals surface area (Å²) in [6.07, 6.45) is -4.36. The highest BCUT2D eigenvalue weighted by molar-refractivity contribution is 6.30. The maximum atomic E-state index is 13.3. The number of tetrazole rings is 1. The van der Waals surface area contributed by atoms with Crippen molar-refractivity contribution in [1.29, 1.82) is 0 Å². The van der Waals surface area contributed by atoms with Crippen LogP contribution in [0, 0.1) is 10.1 Å². The van der Waals surface area contributed by atoms with Crippen LogP contribution in [0.4, 0.5) is 18.9 Å². The van der Waals surface area contributed by atoms with Crippen molar-refractivity contribution < 1.29 is 27.6 Å². The Labute approximate surface area is 164 Å². The molecule has 1 heterocycles. The van der Waals surface area contributed by atoms with E-state index in [-0.39, 0.29) is 33.5 Å². The number of carbonyl (C=O) groups excluding carboxylic acids is 1. The molecule has 3 aromatic rings. The SMILES string of the molecule is O=Cc1cc([N+](=O)[O-])ccc1OCc1nnnn1-c1ccc(Cl)cc1C(F)(F)F. The van der Waals surface area contributed by atoms with Gasteiger partial charge < -0.3 is 4.74 Å². The van der Waals surface area contributed by atoms with Crippen LogP contribution in [0.5, 0.6) is 5.75 Å². The lowest BCUT2D eigenvalue weighted by Crippen LogP contribution is -2.14. The first-order valence-corrected chi connectivity index (χ1v) is 8.09. The van der Waals surface area contributed by atoms with Crippen molar-refractivity contribution in [3.63, 3.8) is 0 Å². The van der Waals surface area contributed by atoms with E-state index in [9.17, 15) is 28.1 Å². The van der Waals surface area contributed by atoms with Gasteiger partial charge in [-0.3, -0.25) is 14.9 Å². The van der Waals surface area contributed by atoms with Crippen molar-refractivity contribution in [1.82, 2.24) is 20.2 Å². The maximum Gasteiger partial charge on any atom is 0.418 e. The van der Waals surface area contributed by atoms with Gasteiger partial charge >= 0.3 is 6.18 Å². The van der Waals surface area contributed by atoms with E-state index in [1.54, 1.807) is 0 Å². The molecular weight excluding hydrogens is 419 g/mol. The van der Waals surface area contributed by atoms with Crippen molar-refractivity contribution in [2.75, 3.05) is 0 Å². The number of halogens is 4. The summed E-state index contributed by atoms with van der Waals surface area (Å²) < 4.78 is 46.2. The van der Waals surface area contributed by atoms with E-state index < -0.39 is 23.3 Å². The highest BCUT2D eigenvalue weighted by Gasteiger charge is 2.35. The zero-order chi connectivity index (χ0) is 21.2. The molecule has 0 unspecified atom stereocenters. The number of alkyl halides is 3. The number of aldehydes is 1. The second kappa shape index (κ2) is 7.83. The van der Waals surface area contributed by atoms with E-state index in [1.807, 2.05) is 0 Å². The molecule has 3 rings (SSSR count). The van der Waals surface area contributed by atoms with Gasteiger partial charge in [0.1, 0.15) is 12.4 Å². The first-order chi connectivity index (χ1) is 13.7. The molecule has 150 valence electrons. The van der Waals surface area contributed by atoms with Gasteiger partial charge in [0, 0.05) is 17.2 Å². The summed E-state index contributed by atoms with van der Waals surface area (Å²) in [6.45, 7) is -0.411. The Balaban J connectivity index is 1.92. The van der Waals surface area contributed by atoms with Crippen molar-refractivity contribution in [3.8, 4) is 11.4 Å². The molecule has 0 fully saturated rings. The third-order valence-corrected chi connectivity index (χ3v) is 3.95. The molecule has 29 heavy (non-hydrogen) atoms. The zero-order valence-electron chi connectivity index (χ0n) is 14.1. The lowest BCUT2D eigenvalue weighted by molar-refractivity contribution is -0.384. The zero-order valence-corrected chi connectivity index (χ0v) is 14.9. The smallest absolute Gasteiger partial charge is 0.418 e. The fourth-order valence-corrected chi connectivity index (χ4v) is 2.59. The number of carbonyl (C=O) groups is 1. The quantitative estimate of drug-likeness (QED) is 0.335. The predicted molar refractivity (Wildman–Crippen MR) is 92.0 cm³/mol. The van der Waals surface area contributed by atoms with Crippen LogP contribution in [0.1, 0.15) is 21.7 Å². The lowest BCUT2D eigenvalue weighted by Gasteiger charge is -2.14. The third kappa shape index (κ3) is 4.32. The average Bonchev–Trinajstić information content (AvgIpc) is 3.13. The topological polar surface area (TPSA) is 113 Å². The van der Waals surface area contributed by atoms with Crippen molar-refractivity contribution in [2.24, 2.45) is 0 Å². The highest BCUT2D eigenvalue weighted by Crippen LogP contribution is 2.35. The van der Waals surface area contributed by atoms with Crippen LogP contribution in [0.2, 0.25) is 5.02 Å². The number of hydrogen-bond acceptors (Lipinski definition) is 7. The van der Waals surface area contributed by atoms with E-state index in [0.29, 0.717) is 6.29 Å². The third-order valence-electron chi connectivity index (χ3n) is 3.71. The largest absolute Gasteiger partial charge is 0.485 e. The molecule has 9 nitrogen and oxygen atoms in total. The van der Waals surface area contributed by atoms with Gasteiger partial charge in [0.05, 0.1) is 21.7 Å². The van der Waals surface area contributed by atoms with Gasteiger partial charge in [0.15, 0.2) is 12.1 Å². The first-order valence-electron chi connectivity index (χ1n) is 7.71. The molecule has 0 saturated carbocycles. The number of ether oxygens (including phenoxy) is 1. The van der Waals surface area contributed by atoms with Gasteiger partial charge in [0.2, 0.25) is 0 Å². The Morgan fingerprint density at radius 1 is 1.24 bits per heavy atom. The standard InChI is InChI=1S/C16H9ClF3N5O4/c17-10-1-3-13(12(6-10)16(18,19)20)24-15(21-22-23-24)8-29-14-4-2-11(25(27)28)5-9(14)7-26/h1-7H,8H2. The van der Waals surface area contributed by atoms with E-state index in [2.05, 4.69) is 15.5 Å². The van der Waals surface area contributed by atoms with E-state index in [4.69, 9.17) is 16.3 Å². The summed E-state index contributed by atoms with van der Waals surface area (Å²) in [7, 11) is 0. The summed E-state index contributed by atoms with van der Waals surface area (Å²) in [4.78, 5) is 21.3. The summed E-state index contributed by atoms with van der Waals surface area (Å²) >= 11 is 5.67. The van der Waals surface area contributed by atoms with Crippen molar-refractivity contribution in [3.05, 3.63) is 68.5 Å². The number of aromatic nitrogens is 4. The number of hydrogen-bond donors (Lipinski definition) is 0. The molecule has 1 aromatic heterocycles. The normalized spacial score (nSPS) is 11.3. The van der Waals surface area contributed by atoms with Crippen molar-refractivity contribution in [2.45, 2.75) is 12.8 Å². The summed E-state index contributed by atoms with van der Waals surface area (Å²) in [5, 5.41) is 21.2. The number of benzene rings is 2. The van der Waals surface area contributed by atoms with Crippen LogP contribution >= 0.6 is 11.6 Å². The van der Waals surface area contributed by atoms with E-state index in [0.717, 1.165) is 28.9 Å². The van der Waals surface area contributed by atoms with Crippen LogP contribution in [-0.4, -0.2) is 31.4 Å². The molecule has 2 aromatic carbocycles. The molecule has 0 bridgehead atoms. The van der Waals surface area contributed by atoms with Crippen molar-refractivity contribution >= 4 is 23.6 Å². The highest BCUT2D eigenvalue weighted by atomic mass is 35.5.